The van der Waals surface area contributed by atoms with Crippen LogP contribution >= 0.6 is 15.9 Å². The van der Waals surface area contributed by atoms with Gasteiger partial charge in [0, 0.05) is 4.47 Å². The first-order valence-electron chi connectivity index (χ1n) is 5.63. The molecule has 5 heteroatoms. The van der Waals surface area contributed by atoms with Crippen molar-refractivity contribution in [3.63, 3.8) is 0 Å². The van der Waals surface area contributed by atoms with Gasteiger partial charge >= 0.3 is 0 Å². The molecule has 0 fully saturated rings. The summed E-state index contributed by atoms with van der Waals surface area (Å²) in [6, 6.07) is 3.87. The van der Waals surface area contributed by atoms with Crippen LogP contribution in [0.15, 0.2) is 16.6 Å². The van der Waals surface area contributed by atoms with E-state index in [2.05, 4.69) is 20.7 Å². The van der Waals surface area contributed by atoms with Crippen molar-refractivity contribution in [3.05, 3.63) is 27.7 Å². The highest BCUT2D eigenvalue weighted by molar-refractivity contribution is 9.10. The number of hydrogen-bond acceptors (Lipinski definition) is 2. The molecule has 0 spiro atoms. The van der Waals surface area contributed by atoms with E-state index in [0.29, 0.717) is 12.1 Å². The van der Waals surface area contributed by atoms with Crippen molar-refractivity contribution < 1.29 is 8.42 Å². The SMILES string of the molecule is CCCCS(=O)(=O)Nc1c(C)cc(C)cc1Br. The molecule has 3 nitrogen and oxygen atoms in total. The predicted molar refractivity (Wildman–Crippen MR) is 75.9 cm³/mol. The molecule has 0 bridgehead atoms. The second-order valence-corrected chi connectivity index (χ2v) is 6.91. The van der Waals surface area contributed by atoms with Crippen LogP contribution in [0.1, 0.15) is 30.9 Å². The highest BCUT2D eigenvalue weighted by Crippen LogP contribution is 2.28. The molecule has 0 heterocycles. The van der Waals surface area contributed by atoms with Crippen LogP contribution in [0, 0.1) is 13.8 Å². The largest absolute Gasteiger partial charge is 0.282 e. The van der Waals surface area contributed by atoms with Gasteiger partial charge in [-0.15, -0.1) is 0 Å². The lowest BCUT2D eigenvalue weighted by Gasteiger charge is -2.13. The molecule has 96 valence electrons. The Morgan fingerprint density at radius 2 is 1.94 bits per heavy atom. The summed E-state index contributed by atoms with van der Waals surface area (Å²) in [4.78, 5) is 0. The van der Waals surface area contributed by atoms with E-state index in [-0.39, 0.29) is 5.75 Å². The first-order chi connectivity index (χ1) is 7.85. The first kappa shape index (κ1) is 14.5. The molecule has 0 radical (unpaired) electrons. The molecule has 0 unspecified atom stereocenters. The standard InChI is InChI=1S/C12H18BrNO2S/c1-4-5-6-17(15,16)14-12-10(3)7-9(2)8-11(12)13/h7-8,14H,4-6H2,1-3H3. The third-order valence-corrected chi connectivity index (χ3v) is 4.42. The van der Waals surface area contributed by atoms with Gasteiger partial charge in [0.1, 0.15) is 0 Å². The average Bonchev–Trinajstić information content (AvgIpc) is 2.21. The van der Waals surface area contributed by atoms with Gasteiger partial charge in [0.15, 0.2) is 0 Å². The fraction of sp³-hybridized carbons (Fsp3) is 0.500. The van der Waals surface area contributed by atoms with Crippen molar-refractivity contribution in [1.29, 1.82) is 0 Å². The average molecular weight is 320 g/mol. The fourth-order valence-corrected chi connectivity index (χ4v) is 3.84. The Hall–Kier alpha value is -0.550. The minimum absolute atomic E-state index is 0.170. The smallest absolute Gasteiger partial charge is 0.232 e. The summed E-state index contributed by atoms with van der Waals surface area (Å²) < 4.78 is 27.1. The van der Waals surface area contributed by atoms with Crippen molar-refractivity contribution in [1.82, 2.24) is 0 Å². The van der Waals surface area contributed by atoms with E-state index in [4.69, 9.17) is 0 Å². The van der Waals surface area contributed by atoms with E-state index < -0.39 is 10.0 Å². The van der Waals surface area contributed by atoms with Gasteiger partial charge in [0.2, 0.25) is 10.0 Å². The summed E-state index contributed by atoms with van der Waals surface area (Å²) in [6.45, 7) is 5.85. The van der Waals surface area contributed by atoms with Crippen LogP contribution in [0.2, 0.25) is 0 Å². The Morgan fingerprint density at radius 3 is 2.47 bits per heavy atom. The molecule has 0 aromatic heterocycles. The van der Waals surface area contributed by atoms with Crippen LogP contribution in [0.5, 0.6) is 0 Å². The molecule has 1 N–H and O–H groups in total. The number of anilines is 1. The minimum atomic E-state index is -3.23. The quantitative estimate of drug-likeness (QED) is 0.901. The number of hydrogen-bond donors (Lipinski definition) is 1. The van der Waals surface area contributed by atoms with E-state index in [9.17, 15) is 8.42 Å². The first-order valence-corrected chi connectivity index (χ1v) is 8.07. The number of aryl methyl sites for hydroxylation is 2. The number of unbranched alkanes of at least 4 members (excludes halogenated alkanes) is 1. The Bertz CT molecular complexity index is 474. The summed E-state index contributed by atoms with van der Waals surface area (Å²) >= 11 is 3.39. The van der Waals surface area contributed by atoms with Crippen molar-refractivity contribution in [2.45, 2.75) is 33.6 Å². The second kappa shape index (κ2) is 5.87. The third kappa shape index (κ3) is 4.32. The number of rotatable bonds is 5. The maximum absolute atomic E-state index is 11.8. The molecule has 0 aliphatic rings. The normalized spacial score (nSPS) is 11.5. The van der Waals surface area contributed by atoms with Crippen LogP contribution in [-0.2, 0) is 10.0 Å². The zero-order chi connectivity index (χ0) is 13.1. The molecule has 0 saturated heterocycles. The fourth-order valence-electron chi connectivity index (χ4n) is 1.59. The molecule has 1 aromatic carbocycles. The van der Waals surface area contributed by atoms with Crippen LogP contribution < -0.4 is 4.72 Å². The van der Waals surface area contributed by atoms with Crippen LogP contribution in [0.3, 0.4) is 0 Å². The van der Waals surface area contributed by atoms with Gasteiger partial charge in [0.25, 0.3) is 0 Å². The Balaban J connectivity index is 2.96. The van der Waals surface area contributed by atoms with Crippen LogP contribution in [-0.4, -0.2) is 14.2 Å². The molecular weight excluding hydrogens is 302 g/mol. The second-order valence-electron chi connectivity index (χ2n) is 4.21. The van der Waals surface area contributed by atoms with Crippen molar-refractivity contribution in [2.24, 2.45) is 0 Å². The minimum Gasteiger partial charge on any atom is -0.282 e. The lowest BCUT2D eigenvalue weighted by molar-refractivity contribution is 0.598. The monoisotopic (exact) mass is 319 g/mol. The van der Waals surface area contributed by atoms with Gasteiger partial charge in [0.05, 0.1) is 11.4 Å². The van der Waals surface area contributed by atoms with Crippen LogP contribution in [0.4, 0.5) is 5.69 Å². The van der Waals surface area contributed by atoms with E-state index in [1.165, 1.54) is 0 Å². The lowest BCUT2D eigenvalue weighted by Crippen LogP contribution is -2.17. The van der Waals surface area contributed by atoms with Gasteiger partial charge in [-0.3, -0.25) is 4.72 Å². The molecule has 0 amide bonds. The van der Waals surface area contributed by atoms with Gasteiger partial charge < -0.3 is 0 Å². The summed E-state index contributed by atoms with van der Waals surface area (Å²) in [5, 5.41) is 0. The van der Waals surface area contributed by atoms with Crippen molar-refractivity contribution in [3.8, 4) is 0 Å². The van der Waals surface area contributed by atoms with E-state index in [0.717, 1.165) is 22.0 Å². The Kier molecular flexibility index (Phi) is 5.01. The number of sulfonamides is 1. The maximum Gasteiger partial charge on any atom is 0.232 e. The molecule has 1 rings (SSSR count). The highest BCUT2D eigenvalue weighted by atomic mass is 79.9. The van der Waals surface area contributed by atoms with E-state index in [1.807, 2.05) is 32.9 Å². The molecular formula is C12H18BrNO2S. The van der Waals surface area contributed by atoms with Gasteiger partial charge in [-0.05, 0) is 53.4 Å². The van der Waals surface area contributed by atoms with E-state index in [1.54, 1.807) is 0 Å². The zero-order valence-electron chi connectivity index (χ0n) is 10.4. The van der Waals surface area contributed by atoms with Crippen molar-refractivity contribution >= 4 is 31.6 Å². The zero-order valence-corrected chi connectivity index (χ0v) is 12.8. The highest BCUT2D eigenvalue weighted by Gasteiger charge is 2.13. The topological polar surface area (TPSA) is 46.2 Å². The Labute approximate surface area is 112 Å². The van der Waals surface area contributed by atoms with Gasteiger partial charge in [-0.2, -0.15) is 0 Å². The van der Waals surface area contributed by atoms with Gasteiger partial charge in [-0.1, -0.05) is 19.4 Å². The molecule has 0 atom stereocenters. The molecule has 0 saturated carbocycles. The van der Waals surface area contributed by atoms with E-state index >= 15 is 0 Å². The number of halogens is 1. The summed E-state index contributed by atoms with van der Waals surface area (Å²) in [6.07, 6.45) is 1.55. The molecule has 0 aliphatic carbocycles. The summed E-state index contributed by atoms with van der Waals surface area (Å²) in [5.74, 6) is 0.170. The molecule has 17 heavy (non-hydrogen) atoms. The number of benzene rings is 1. The summed E-state index contributed by atoms with van der Waals surface area (Å²) in [7, 11) is -3.23. The Morgan fingerprint density at radius 1 is 1.29 bits per heavy atom. The molecule has 1 aromatic rings. The van der Waals surface area contributed by atoms with Crippen molar-refractivity contribution in [2.75, 3.05) is 10.5 Å². The maximum atomic E-state index is 11.8. The molecule has 0 aliphatic heterocycles. The number of nitrogens with one attached hydrogen (secondary N) is 1. The predicted octanol–water partition coefficient (Wildman–Crippen LogP) is 3.61. The summed E-state index contributed by atoms with van der Waals surface area (Å²) in [5.41, 5.74) is 2.68. The van der Waals surface area contributed by atoms with Crippen LogP contribution in [0.25, 0.3) is 0 Å². The third-order valence-electron chi connectivity index (χ3n) is 2.46. The lowest BCUT2D eigenvalue weighted by atomic mass is 10.1. The van der Waals surface area contributed by atoms with Gasteiger partial charge in [-0.25, -0.2) is 8.42 Å².